The second kappa shape index (κ2) is 7.01. The van der Waals surface area contributed by atoms with Crippen LogP contribution in [0.15, 0.2) is 34.8 Å². The number of rotatable bonds is 3. The number of nitro benzene ring substituents is 1. The maximum Gasteiger partial charge on any atom is 0.293 e. The Morgan fingerprint density at radius 1 is 1.32 bits per heavy atom. The molecule has 2 aromatic rings. The van der Waals surface area contributed by atoms with Crippen molar-refractivity contribution in [1.82, 2.24) is 5.32 Å². The number of hydrogen-bond acceptors (Lipinski definition) is 4. The summed E-state index contributed by atoms with van der Waals surface area (Å²) in [4.78, 5) is 24.7. The van der Waals surface area contributed by atoms with Crippen LogP contribution in [0.5, 0.6) is 0 Å². The molecule has 0 aliphatic carbocycles. The van der Waals surface area contributed by atoms with Crippen molar-refractivity contribution in [3.63, 3.8) is 0 Å². The molecule has 3 rings (SSSR count). The third-order valence-electron chi connectivity index (χ3n) is 4.30. The zero-order chi connectivity index (χ0) is 18.1. The van der Waals surface area contributed by atoms with Gasteiger partial charge in [0.25, 0.3) is 11.6 Å². The van der Waals surface area contributed by atoms with E-state index in [4.69, 9.17) is 11.6 Å². The predicted octanol–water partition coefficient (Wildman–Crippen LogP) is 3.93. The molecule has 6 nitrogen and oxygen atoms in total. The van der Waals surface area contributed by atoms with Crippen LogP contribution in [0.4, 0.5) is 11.4 Å². The molecule has 0 bridgehead atoms. The molecular weight excluding hydrogens is 410 g/mol. The summed E-state index contributed by atoms with van der Waals surface area (Å²) < 4.78 is 0.996. The number of hydrogen-bond donors (Lipinski definition) is 1. The molecule has 25 heavy (non-hydrogen) atoms. The van der Waals surface area contributed by atoms with Crippen molar-refractivity contribution in [3.8, 4) is 0 Å². The Bertz CT molecular complexity index is 872. The van der Waals surface area contributed by atoms with Gasteiger partial charge >= 0.3 is 0 Å². The van der Waals surface area contributed by atoms with Gasteiger partial charge in [0.15, 0.2) is 0 Å². The number of nitro groups is 1. The summed E-state index contributed by atoms with van der Waals surface area (Å²) in [7, 11) is 1.49. The lowest BCUT2D eigenvalue weighted by molar-refractivity contribution is -0.384. The van der Waals surface area contributed by atoms with Crippen molar-refractivity contribution >= 4 is 44.8 Å². The van der Waals surface area contributed by atoms with E-state index in [2.05, 4.69) is 21.2 Å². The van der Waals surface area contributed by atoms with Gasteiger partial charge in [-0.25, -0.2) is 0 Å². The maximum atomic E-state index is 11.8. The van der Waals surface area contributed by atoms with Crippen molar-refractivity contribution in [3.05, 3.63) is 66.6 Å². The molecule has 1 aliphatic rings. The number of anilines is 1. The molecule has 0 radical (unpaired) electrons. The highest BCUT2D eigenvalue weighted by molar-refractivity contribution is 9.10. The maximum absolute atomic E-state index is 11.8. The van der Waals surface area contributed by atoms with Crippen LogP contribution < -0.4 is 10.2 Å². The topological polar surface area (TPSA) is 75.5 Å². The normalized spacial score (nSPS) is 13.3. The average Bonchev–Trinajstić information content (AvgIpc) is 2.63. The fourth-order valence-corrected chi connectivity index (χ4v) is 3.83. The van der Waals surface area contributed by atoms with Crippen LogP contribution in [-0.4, -0.2) is 24.4 Å². The molecule has 0 saturated heterocycles. The minimum atomic E-state index is -0.459. The molecule has 0 spiro atoms. The van der Waals surface area contributed by atoms with Gasteiger partial charge in [0.1, 0.15) is 5.69 Å². The lowest BCUT2D eigenvalue weighted by Gasteiger charge is -2.31. The van der Waals surface area contributed by atoms with Crippen LogP contribution in [0.2, 0.25) is 5.02 Å². The van der Waals surface area contributed by atoms with E-state index >= 15 is 0 Å². The largest absolute Gasteiger partial charge is 0.361 e. The van der Waals surface area contributed by atoms with E-state index in [0.29, 0.717) is 23.8 Å². The summed E-state index contributed by atoms with van der Waals surface area (Å²) >= 11 is 9.85. The van der Waals surface area contributed by atoms with Crippen LogP contribution in [0.3, 0.4) is 0 Å². The highest BCUT2D eigenvalue weighted by Crippen LogP contribution is 2.37. The third-order valence-corrected chi connectivity index (χ3v) is 5.40. The number of nitrogens with zero attached hydrogens (tertiary/aromatic N) is 2. The van der Waals surface area contributed by atoms with Gasteiger partial charge in [0, 0.05) is 41.3 Å². The Morgan fingerprint density at radius 3 is 2.76 bits per heavy atom. The number of amides is 1. The lowest BCUT2D eigenvalue weighted by atomic mass is 9.98. The SMILES string of the molecule is CNC(=O)c1ccc(N2CCc3c(Br)ccc(Cl)c3C2)c([N+](=O)[O-])c1. The lowest BCUT2D eigenvalue weighted by Crippen LogP contribution is -2.31. The second-order valence-electron chi connectivity index (χ2n) is 5.70. The minimum absolute atomic E-state index is 0.0873. The number of carbonyl (C=O) groups is 1. The summed E-state index contributed by atoms with van der Waals surface area (Å²) in [5, 5.41) is 14.6. The van der Waals surface area contributed by atoms with E-state index < -0.39 is 4.92 Å². The monoisotopic (exact) mass is 423 g/mol. The van der Waals surface area contributed by atoms with E-state index in [9.17, 15) is 14.9 Å². The first kappa shape index (κ1) is 17.7. The molecule has 1 aliphatic heterocycles. The van der Waals surface area contributed by atoms with Crippen molar-refractivity contribution < 1.29 is 9.72 Å². The van der Waals surface area contributed by atoms with Gasteiger partial charge in [0.2, 0.25) is 0 Å². The van der Waals surface area contributed by atoms with Crippen LogP contribution >= 0.6 is 27.5 Å². The highest BCUT2D eigenvalue weighted by Gasteiger charge is 2.26. The van der Waals surface area contributed by atoms with E-state index in [1.807, 2.05) is 17.0 Å². The van der Waals surface area contributed by atoms with Crippen molar-refractivity contribution in [2.24, 2.45) is 0 Å². The fraction of sp³-hybridized carbons (Fsp3) is 0.235. The van der Waals surface area contributed by atoms with Crippen LogP contribution in [0, 0.1) is 10.1 Å². The standard InChI is InChI=1S/C17H15BrClN3O3/c1-20-17(23)10-2-5-15(16(8-10)22(24)25)21-7-6-11-12(9-21)14(19)4-3-13(11)18/h2-5,8H,6-7,9H2,1H3,(H,20,23). The number of nitrogens with one attached hydrogen (secondary N) is 1. The molecule has 2 aromatic carbocycles. The minimum Gasteiger partial charge on any atom is -0.361 e. The first-order valence-corrected chi connectivity index (χ1v) is 8.80. The summed E-state index contributed by atoms with van der Waals surface area (Å²) in [6, 6.07) is 8.26. The molecule has 130 valence electrons. The predicted molar refractivity (Wildman–Crippen MR) is 100 cm³/mol. The van der Waals surface area contributed by atoms with Crippen molar-refractivity contribution in [1.29, 1.82) is 0 Å². The first-order chi connectivity index (χ1) is 11.9. The second-order valence-corrected chi connectivity index (χ2v) is 6.96. The summed E-state index contributed by atoms with van der Waals surface area (Å²) in [6.45, 7) is 1.11. The fourth-order valence-electron chi connectivity index (χ4n) is 3.02. The Hall–Kier alpha value is -2.12. The molecule has 0 unspecified atom stereocenters. The first-order valence-electron chi connectivity index (χ1n) is 7.63. The molecule has 0 aromatic heterocycles. The molecule has 0 fully saturated rings. The van der Waals surface area contributed by atoms with E-state index in [-0.39, 0.29) is 17.2 Å². The van der Waals surface area contributed by atoms with Crippen LogP contribution in [0.25, 0.3) is 0 Å². The van der Waals surface area contributed by atoms with E-state index in [1.165, 1.54) is 13.1 Å². The van der Waals surface area contributed by atoms with Gasteiger partial charge in [-0.05, 0) is 41.8 Å². The Labute approximate surface area is 158 Å². The van der Waals surface area contributed by atoms with Crippen molar-refractivity contribution in [2.75, 3.05) is 18.5 Å². The summed E-state index contributed by atoms with van der Waals surface area (Å²) in [5.41, 5.74) is 2.76. The molecule has 1 N–H and O–H groups in total. The van der Waals surface area contributed by atoms with Crippen molar-refractivity contribution in [2.45, 2.75) is 13.0 Å². The van der Waals surface area contributed by atoms with Crippen LogP contribution in [0.1, 0.15) is 21.5 Å². The smallest absolute Gasteiger partial charge is 0.293 e. The quantitative estimate of drug-likeness (QED) is 0.598. The molecule has 1 heterocycles. The van der Waals surface area contributed by atoms with Gasteiger partial charge in [-0.3, -0.25) is 14.9 Å². The molecule has 0 atom stereocenters. The zero-order valence-electron chi connectivity index (χ0n) is 13.4. The van der Waals surface area contributed by atoms with Gasteiger partial charge < -0.3 is 10.2 Å². The Balaban J connectivity index is 2.01. The average molecular weight is 425 g/mol. The van der Waals surface area contributed by atoms with Gasteiger partial charge in [-0.15, -0.1) is 0 Å². The number of halogens is 2. The van der Waals surface area contributed by atoms with Gasteiger partial charge in [0.05, 0.1) is 4.92 Å². The highest BCUT2D eigenvalue weighted by atomic mass is 79.9. The number of benzene rings is 2. The molecule has 1 amide bonds. The Kier molecular flexibility index (Phi) is 4.96. The molecular formula is C17H15BrClN3O3. The van der Waals surface area contributed by atoms with Crippen LogP contribution in [-0.2, 0) is 13.0 Å². The molecule has 8 heteroatoms. The number of fused-ring (bicyclic) bond motifs is 1. The third kappa shape index (κ3) is 3.34. The Morgan fingerprint density at radius 2 is 2.08 bits per heavy atom. The van der Waals surface area contributed by atoms with Gasteiger partial charge in [-0.2, -0.15) is 0 Å². The summed E-state index contributed by atoms with van der Waals surface area (Å²) in [5.74, 6) is -0.356. The number of carbonyl (C=O) groups excluding carboxylic acids is 1. The van der Waals surface area contributed by atoms with E-state index in [0.717, 1.165) is 22.0 Å². The van der Waals surface area contributed by atoms with E-state index in [1.54, 1.807) is 12.1 Å². The van der Waals surface area contributed by atoms with Gasteiger partial charge in [-0.1, -0.05) is 27.5 Å². The zero-order valence-corrected chi connectivity index (χ0v) is 15.7. The summed E-state index contributed by atoms with van der Waals surface area (Å²) in [6.07, 6.45) is 0.727. The molecule has 0 saturated carbocycles.